The number of thiazole rings is 1. The number of aromatic nitrogens is 1. The number of hydrogen-bond acceptors (Lipinski definition) is 3. The van der Waals surface area contributed by atoms with Crippen LogP contribution >= 0.6 is 11.3 Å². The van der Waals surface area contributed by atoms with Crippen molar-refractivity contribution in [3.63, 3.8) is 0 Å². The lowest BCUT2D eigenvalue weighted by Gasteiger charge is -2.16. The summed E-state index contributed by atoms with van der Waals surface area (Å²) in [6.45, 7) is 4.18. The molecule has 0 bridgehead atoms. The van der Waals surface area contributed by atoms with Crippen LogP contribution in [0.1, 0.15) is 40.5 Å². The van der Waals surface area contributed by atoms with E-state index in [1.54, 1.807) is 11.3 Å². The van der Waals surface area contributed by atoms with Gasteiger partial charge in [-0.15, -0.1) is 11.3 Å². The van der Waals surface area contributed by atoms with Crippen molar-refractivity contribution in [1.82, 2.24) is 4.98 Å². The van der Waals surface area contributed by atoms with Crippen molar-refractivity contribution in [3.05, 3.63) is 39.9 Å². The summed E-state index contributed by atoms with van der Waals surface area (Å²) in [5.41, 5.74) is 4.39. The summed E-state index contributed by atoms with van der Waals surface area (Å²) in [6, 6.07) is 6.30. The van der Waals surface area contributed by atoms with Gasteiger partial charge in [-0.25, -0.2) is 4.98 Å². The summed E-state index contributed by atoms with van der Waals surface area (Å²) in [5, 5.41) is 10.3. The van der Waals surface area contributed by atoms with Crippen molar-refractivity contribution in [2.75, 3.05) is 0 Å². The molecule has 1 aliphatic rings. The van der Waals surface area contributed by atoms with Gasteiger partial charge < -0.3 is 5.11 Å². The Labute approximate surface area is 122 Å². The standard InChI is InChI=1S/C16H17NO2S/c1-9-6-7-11(8-10(9)2)15-17-14-12(16(18)19)4-3-5-13(14)20-15/h6-8,12H,3-5H2,1-2H3,(H,18,19). The molecule has 1 N–H and O–H groups in total. The zero-order valence-corrected chi connectivity index (χ0v) is 12.5. The average Bonchev–Trinajstić information content (AvgIpc) is 2.85. The summed E-state index contributed by atoms with van der Waals surface area (Å²) in [7, 11) is 0. The second kappa shape index (κ2) is 5.02. The number of benzene rings is 1. The Balaban J connectivity index is 2.04. The second-order valence-electron chi connectivity index (χ2n) is 5.41. The van der Waals surface area contributed by atoms with Gasteiger partial charge in [0.2, 0.25) is 0 Å². The van der Waals surface area contributed by atoms with E-state index in [1.165, 1.54) is 11.1 Å². The van der Waals surface area contributed by atoms with Crippen LogP contribution in [0.25, 0.3) is 10.6 Å². The van der Waals surface area contributed by atoms with Gasteiger partial charge in [0.1, 0.15) is 5.01 Å². The van der Waals surface area contributed by atoms with Gasteiger partial charge >= 0.3 is 5.97 Å². The first-order valence-electron chi connectivity index (χ1n) is 6.86. The van der Waals surface area contributed by atoms with Crippen LogP contribution in [0, 0.1) is 13.8 Å². The molecule has 0 radical (unpaired) electrons. The molecule has 0 saturated carbocycles. The highest BCUT2D eigenvalue weighted by molar-refractivity contribution is 7.15. The molecule has 1 atom stereocenters. The van der Waals surface area contributed by atoms with Crippen LogP contribution < -0.4 is 0 Å². The van der Waals surface area contributed by atoms with E-state index in [4.69, 9.17) is 0 Å². The van der Waals surface area contributed by atoms with Crippen molar-refractivity contribution in [2.45, 2.75) is 39.0 Å². The predicted molar refractivity (Wildman–Crippen MR) is 80.3 cm³/mol. The molecule has 104 valence electrons. The molecule has 1 heterocycles. The Bertz CT molecular complexity index is 675. The minimum Gasteiger partial charge on any atom is -0.481 e. The monoisotopic (exact) mass is 287 g/mol. The predicted octanol–water partition coefficient (Wildman–Crippen LogP) is 3.93. The summed E-state index contributed by atoms with van der Waals surface area (Å²) in [6.07, 6.45) is 2.61. The third-order valence-electron chi connectivity index (χ3n) is 4.01. The van der Waals surface area contributed by atoms with Crippen LogP contribution in [-0.4, -0.2) is 16.1 Å². The number of fused-ring (bicyclic) bond motifs is 1. The SMILES string of the molecule is Cc1ccc(-c2nc3c(s2)CCCC3C(=O)O)cc1C. The zero-order valence-electron chi connectivity index (χ0n) is 11.6. The van der Waals surface area contributed by atoms with Crippen molar-refractivity contribution in [3.8, 4) is 10.6 Å². The molecule has 3 nitrogen and oxygen atoms in total. The van der Waals surface area contributed by atoms with Gasteiger partial charge in [0.25, 0.3) is 0 Å². The molecule has 4 heteroatoms. The van der Waals surface area contributed by atoms with Crippen molar-refractivity contribution < 1.29 is 9.90 Å². The smallest absolute Gasteiger partial charge is 0.312 e. The maximum atomic E-state index is 11.3. The van der Waals surface area contributed by atoms with Crippen molar-refractivity contribution in [1.29, 1.82) is 0 Å². The fourth-order valence-electron chi connectivity index (χ4n) is 2.66. The largest absolute Gasteiger partial charge is 0.481 e. The Kier molecular flexibility index (Phi) is 3.34. The maximum absolute atomic E-state index is 11.3. The molecule has 1 unspecified atom stereocenters. The van der Waals surface area contributed by atoms with Gasteiger partial charge in [-0.1, -0.05) is 12.1 Å². The molecule has 0 saturated heterocycles. The van der Waals surface area contributed by atoms with E-state index in [1.807, 2.05) is 0 Å². The van der Waals surface area contributed by atoms with Gasteiger partial charge in [-0.05, 0) is 50.3 Å². The first kappa shape index (κ1) is 13.3. The molecule has 1 aromatic carbocycles. The van der Waals surface area contributed by atoms with Crippen LogP contribution in [0.5, 0.6) is 0 Å². The lowest BCUT2D eigenvalue weighted by atomic mass is 9.91. The van der Waals surface area contributed by atoms with Crippen molar-refractivity contribution in [2.24, 2.45) is 0 Å². The Morgan fingerprint density at radius 1 is 1.35 bits per heavy atom. The fraction of sp³-hybridized carbons (Fsp3) is 0.375. The molecule has 0 spiro atoms. The van der Waals surface area contributed by atoms with E-state index in [0.29, 0.717) is 6.42 Å². The molecule has 1 aromatic heterocycles. The van der Waals surface area contributed by atoms with Gasteiger partial charge in [-0.2, -0.15) is 0 Å². The Morgan fingerprint density at radius 2 is 2.15 bits per heavy atom. The number of carboxylic acid groups (broad SMARTS) is 1. The molecular weight excluding hydrogens is 270 g/mol. The normalized spacial score (nSPS) is 17.8. The molecule has 2 aromatic rings. The summed E-state index contributed by atoms with van der Waals surface area (Å²) in [4.78, 5) is 17.1. The van der Waals surface area contributed by atoms with E-state index in [-0.39, 0.29) is 0 Å². The minimum absolute atomic E-state index is 0.421. The Morgan fingerprint density at radius 3 is 2.85 bits per heavy atom. The molecule has 0 aliphatic heterocycles. The van der Waals surface area contributed by atoms with Gasteiger partial charge in [0.15, 0.2) is 0 Å². The second-order valence-corrected chi connectivity index (χ2v) is 6.49. The zero-order chi connectivity index (χ0) is 14.3. The number of carbonyl (C=O) groups is 1. The summed E-state index contributed by atoms with van der Waals surface area (Å²) in [5.74, 6) is -1.17. The third kappa shape index (κ3) is 2.24. The molecule has 0 fully saturated rings. The fourth-order valence-corrected chi connectivity index (χ4v) is 3.82. The van der Waals surface area contributed by atoms with Crippen LogP contribution in [-0.2, 0) is 11.2 Å². The first-order chi connectivity index (χ1) is 9.56. The van der Waals surface area contributed by atoms with Gasteiger partial charge in [-0.3, -0.25) is 4.79 Å². The van der Waals surface area contributed by atoms with E-state index in [2.05, 4.69) is 37.0 Å². The molecule has 0 amide bonds. The average molecular weight is 287 g/mol. The molecular formula is C16H17NO2S. The van der Waals surface area contributed by atoms with Crippen LogP contribution in [0.15, 0.2) is 18.2 Å². The molecule has 1 aliphatic carbocycles. The van der Waals surface area contributed by atoms with Crippen molar-refractivity contribution >= 4 is 17.3 Å². The van der Waals surface area contributed by atoms with Crippen LogP contribution in [0.3, 0.4) is 0 Å². The maximum Gasteiger partial charge on any atom is 0.312 e. The molecule has 3 rings (SSSR count). The minimum atomic E-state index is -0.747. The van der Waals surface area contributed by atoms with Crippen LogP contribution in [0.2, 0.25) is 0 Å². The number of nitrogens with zero attached hydrogens (tertiary/aromatic N) is 1. The number of aryl methyl sites for hydroxylation is 3. The quantitative estimate of drug-likeness (QED) is 0.910. The first-order valence-corrected chi connectivity index (χ1v) is 7.68. The Hall–Kier alpha value is -1.68. The number of hydrogen-bond donors (Lipinski definition) is 1. The lowest BCUT2D eigenvalue weighted by Crippen LogP contribution is -2.17. The summed E-state index contributed by atoms with van der Waals surface area (Å²) < 4.78 is 0. The van der Waals surface area contributed by atoms with Gasteiger partial charge in [0.05, 0.1) is 11.6 Å². The van der Waals surface area contributed by atoms with Crippen LogP contribution in [0.4, 0.5) is 0 Å². The number of carboxylic acids is 1. The number of rotatable bonds is 2. The summed E-state index contributed by atoms with van der Waals surface area (Å²) >= 11 is 1.65. The topological polar surface area (TPSA) is 50.2 Å². The number of aliphatic carboxylic acids is 1. The molecule has 20 heavy (non-hydrogen) atoms. The van der Waals surface area contributed by atoms with Gasteiger partial charge in [0, 0.05) is 10.4 Å². The van der Waals surface area contributed by atoms with E-state index in [9.17, 15) is 9.90 Å². The van der Waals surface area contributed by atoms with E-state index < -0.39 is 11.9 Å². The van der Waals surface area contributed by atoms with E-state index in [0.717, 1.165) is 34.0 Å². The highest BCUT2D eigenvalue weighted by Gasteiger charge is 2.30. The third-order valence-corrected chi connectivity index (χ3v) is 5.19. The highest BCUT2D eigenvalue weighted by Crippen LogP contribution is 2.38. The lowest BCUT2D eigenvalue weighted by molar-refractivity contribution is -0.139. The van der Waals surface area contributed by atoms with E-state index >= 15 is 0 Å². The highest BCUT2D eigenvalue weighted by atomic mass is 32.1.